The maximum absolute atomic E-state index is 5.73. The summed E-state index contributed by atoms with van der Waals surface area (Å²) in [7, 11) is 1.66. The highest BCUT2D eigenvalue weighted by molar-refractivity contribution is 9.11. The third-order valence-electron chi connectivity index (χ3n) is 3.20. The van der Waals surface area contributed by atoms with Gasteiger partial charge < -0.3 is 4.74 Å². The molecule has 0 saturated carbocycles. The number of hydrogen-bond acceptors (Lipinski definition) is 3. The van der Waals surface area contributed by atoms with Gasteiger partial charge in [-0.15, -0.1) is 0 Å². The van der Waals surface area contributed by atoms with Gasteiger partial charge >= 0.3 is 0 Å². The molecule has 112 valence electrons. The van der Waals surface area contributed by atoms with Crippen molar-refractivity contribution >= 4 is 47.8 Å². The predicted molar refractivity (Wildman–Crippen MR) is 96.3 cm³/mol. The average Bonchev–Trinajstić information content (AvgIpc) is 2.45. The van der Waals surface area contributed by atoms with Gasteiger partial charge in [0.25, 0.3) is 0 Å². The van der Waals surface area contributed by atoms with Gasteiger partial charge in [0.15, 0.2) is 0 Å². The minimum Gasteiger partial charge on any atom is -0.496 e. The van der Waals surface area contributed by atoms with Crippen LogP contribution < -0.4 is 16.0 Å². The summed E-state index contributed by atoms with van der Waals surface area (Å²) in [5, 5.41) is 0. The largest absolute Gasteiger partial charge is 0.496 e. The molecule has 0 aliphatic rings. The van der Waals surface area contributed by atoms with Gasteiger partial charge in [0.05, 0.1) is 17.6 Å². The van der Waals surface area contributed by atoms with Crippen LogP contribution in [-0.2, 0) is 6.42 Å². The quantitative estimate of drug-likeness (QED) is 0.482. The zero-order chi connectivity index (χ0) is 15.4. The summed E-state index contributed by atoms with van der Waals surface area (Å²) < 4.78 is 8.24. The van der Waals surface area contributed by atoms with E-state index in [1.807, 2.05) is 24.3 Å². The summed E-state index contributed by atoms with van der Waals surface area (Å²) in [4.78, 5) is 0. The van der Waals surface area contributed by atoms with Crippen LogP contribution in [0.5, 0.6) is 5.75 Å². The lowest BCUT2D eigenvalue weighted by molar-refractivity contribution is 0.412. The number of benzene rings is 2. The van der Waals surface area contributed by atoms with Crippen LogP contribution in [0, 0.1) is 0 Å². The van der Waals surface area contributed by atoms with E-state index in [4.69, 9.17) is 10.6 Å². The molecule has 0 fully saturated rings. The molecule has 2 aromatic rings. The van der Waals surface area contributed by atoms with E-state index < -0.39 is 0 Å². The summed E-state index contributed by atoms with van der Waals surface area (Å²) in [6.07, 6.45) is 0.777. The van der Waals surface area contributed by atoms with Crippen molar-refractivity contribution in [2.75, 3.05) is 7.11 Å². The van der Waals surface area contributed by atoms with Gasteiger partial charge in [-0.05, 0) is 57.7 Å². The highest BCUT2D eigenvalue weighted by Crippen LogP contribution is 2.31. The maximum atomic E-state index is 5.73. The van der Waals surface area contributed by atoms with E-state index in [0.29, 0.717) is 0 Å². The second-order valence-electron chi connectivity index (χ2n) is 4.56. The molecule has 2 aromatic carbocycles. The monoisotopic (exact) mass is 476 g/mol. The van der Waals surface area contributed by atoms with E-state index in [1.165, 1.54) is 5.56 Å². The fourth-order valence-electron chi connectivity index (χ4n) is 2.12. The fraction of sp³-hybridized carbons (Fsp3) is 0.200. The van der Waals surface area contributed by atoms with Crippen molar-refractivity contribution in [3.63, 3.8) is 0 Å². The van der Waals surface area contributed by atoms with Crippen LogP contribution in [0.4, 0.5) is 0 Å². The number of hydrazine groups is 1. The van der Waals surface area contributed by atoms with Crippen LogP contribution in [0.3, 0.4) is 0 Å². The fourth-order valence-corrected chi connectivity index (χ4v) is 4.03. The van der Waals surface area contributed by atoms with Crippen LogP contribution in [0.1, 0.15) is 17.2 Å². The lowest BCUT2D eigenvalue weighted by Crippen LogP contribution is -2.29. The molecule has 3 nitrogen and oxygen atoms in total. The molecule has 0 amide bonds. The van der Waals surface area contributed by atoms with Gasteiger partial charge in [-0.1, -0.05) is 44.0 Å². The van der Waals surface area contributed by atoms with Gasteiger partial charge in [0, 0.05) is 8.95 Å². The first-order valence-electron chi connectivity index (χ1n) is 6.28. The molecule has 1 atom stereocenters. The summed E-state index contributed by atoms with van der Waals surface area (Å²) in [5.74, 6) is 6.55. The van der Waals surface area contributed by atoms with E-state index >= 15 is 0 Å². The van der Waals surface area contributed by atoms with Crippen LogP contribution >= 0.6 is 47.8 Å². The molecule has 1 unspecified atom stereocenters. The number of ether oxygens (including phenoxy) is 1. The summed E-state index contributed by atoms with van der Waals surface area (Å²) in [6, 6.07) is 12.1. The minimum absolute atomic E-state index is 0.0211. The smallest absolute Gasteiger partial charge is 0.133 e. The molecule has 0 heterocycles. The minimum atomic E-state index is 0.0211. The zero-order valence-electron chi connectivity index (χ0n) is 11.4. The number of rotatable bonds is 5. The molecule has 0 bridgehead atoms. The van der Waals surface area contributed by atoms with Gasteiger partial charge in [0.1, 0.15) is 5.75 Å². The number of nitrogens with two attached hydrogens (primary N) is 1. The van der Waals surface area contributed by atoms with E-state index in [2.05, 4.69) is 65.3 Å². The van der Waals surface area contributed by atoms with Crippen molar-refractivity contribution in [2.24, 2.45) is 5.84 Å². The molecule has 0 aliphatic heterocycles. The van der Waals surface area contributed by atoms with Crippen molar-refractivity contribution in [1.29, 1.82) is 0 Å². The highest BCUT2D eigenvalue weighted by Gasteiger charge is 2.15. The first-order chi connectivity index (χ1) is 10.0. The number of hydrogen-bond donors (Lipinski definition) is 2. The Hall–Kier alpha value is -0.400. The Kier molecular flexibility index (Phi) is 6.25. The van der Waals surface area contributed by atoms with Gasteiger partial charge in [-0.2, -0.15) is 0 Å². The maximum Gasteiger partial charge on any atom is 0.133 e. The molecule has 0 aliphatic carbocycles. The topological polar surface area (TPSA) is 47.3 Å². The zero-order valence-corrected chi connectivity index (χ0v) is 16.1. The Morgan fingerprint density at radius 1 is 1.10 bits per heavy atom. The Morgan fingerprint density at radius 2 is 1.86 bits per heavy atom. The normalized spacial score (nSPS) is 12.2. The molecule has 2 rings (SSSR count). The van der Waals surface area contributed by atoms with Crippen LogP contribution in [-0.4, -0.2) is 7.11 Å². The van der Waals surface area contributed by atoms with Gasteiger partial charge in [0.2, 0.25) is 0 Å². The van der Waals surface area contributed by atoms with Crippen molar-refractivity contribution in [3.8, 4) is 5.75 Å². The SMILES string of the molecule is COc1ccc(CC(NN)c2ccc(Br)cc2Br)cc1Br. The van der Waals surface area contributed by atoms with E-state index in [0.717, 1.165) is 31.2 Å². The second-order valence-corrected chi connectivity index (χ2v) is 7.18. The van der Waals surface area contributed by atoms with Crippen molar-refractivity contribution in [1.82, 2.24) is 5.43 Å². The van der Waals surface area contributed by atoms with Crippen molar-refractivity contribution in [2.45, 2.75) is 12.5 Å². The average molecular weight is 479 g/mol. The molecule has 0 saturated heterocycles. The number of methoxy groups -OCH3 is 1. The number of nitrogens with one attached hydrogen (secondary N) is 1. The van der Waals surface area contributed by atoms with Crippen LogP contribution in [0.15, 0.2) is 49.8 Å². The Morgan fingerprint density at radius 3 is 2.43 bits per heavy atom. The summed E-state index contributed by atoms with van der Waals surface area (Å²) >= 11 is 10.5. The summed E-state index contributed by atoms with van der Waals surface area (Å²) in [6.45, 7) is 0. The van der Waals surface area contributed by atoms with E-state index in [-0.39, 0.29) is 6.04 Å². The lowest BCUT2D eigenvalue weighted by atomic mass is 9.99. The predicted octanol–water partition coefficient (Wildman–Crippen LogP) is 4.73. The Bertz CT molecular complexity index is 634. The third-order valence-corrected chi connectivity index (χ3v) is 4.99. The summed E-state index contributed by atoms with van der Waals surface area (Å²) in [5.41, 5.74) is 5.17. The highest BCUT2D eigenvalue weighted by atomic mass is 79.9. The standard InChI is InChI=1S/C15H15Br3N2O/c1-21-15-5-2-9(6-13(15)18)7-14(20-19)11-4-3-10(16)8-12(11)17/h2-6,8,14,20H,7,19H2,1H3. The Labute approximate surface area is 149 Å². The van der Waals surface area contributed by atoms with Gasteiger partial charge in [-0.3, -0.25) is 11.3 Å². The molecular formula is C15H15Br3N2O. The molecule has 21 heavy (non-hydrogen) atoms. The number of halogens is 3. The van der Waals surface area contributed by atoms with E-state index in [9.17, 15) is 0 Å². The van der Waals surface area contributed by atoms with Gasteiger partial charge in [-0.25, -0.2) is 0 Å². The molecule has 0 spiro atoms. The van der Waals surface area contributed by atoms with E-state index in [1.54, 1.807) is 7.11 Å². The Balaban J connectivity index is 2.24. The third kappa shape index (κ3) is 4.29. The first-order valence-corrected chi connectivity index (χ1v) is 8.66. The lowest BCUT2D eigenvalue weighted by Gasteiger charge is -2.18. The molecule has 3 N–H and O–H groups in total. The van der Waals surface area contributed by atoms with Crippen molar-refractivity contribution < 1.29 is 4.74 Å². The second kappa shape index (κ2) is 7.74. The molecular weight excluding hydrogens is 464 g/mol. The first kappa shape index (κ1) is 17.0. The molecule has 6 heteroatoms. The van der Waals surface area contributed by atoms with Crippen molar-refractivity contribution in [3.05, 3.63) is 60.9 Å². The molecule has 0 aromatic heterocycles. The van der Waals surface area contributed by atoms with Crippen LogP contribution in [0.2, 0.25) is 0 Å². The molecule has 0 radical (unpaired) electrons. The van der Waals surface area contributed by atoms with Crippen LogP contribution in [0.25, 0.3) is 0 Å².